The fourth-order valence-corrected chi connectivity index (χ4v) is 0.961. The van der Waals surface area contributed by atoms with Crippen LogP contribution in [0.25, 0.3) is 0 Å². The zero-order chi connectivity index (χ0) is 9.68. The molecule has 0 aliphatic rings. The summed E-state index contributed by atoms with van der Waals surface area (Å²) in [6.45, 7) is 1.97. The largest absolute Gasteiger partial charge is 0.262 e. The standard InChI is InChI=1S/C8H8ClN3O/c1-3-4-13-12-7-5-6(2)10-8(9)11-7/h1,5H,4H2,2H3,(H,10,11,12). The summed E-state index contributed by atoms with van der Waals surface area (Å²) in [6, 6.07) is 1.70. The first-order valence-electron chi connectivity index (χ1n) is 3.55. The van der Waals surface area contributed by atoms with Gasteiger partial charge < -0.3 is 0 Å². The van der Waals surface area contributed by atoms with E-state index in [1.54, 1.807) is 13.0 Å². The average molecular weight is 198 g/mol. The number of rotatable bonds is 3. The molecule has 1 aromatic heterocycles. The fraction of sp³-hybridized carbons (Fsp3) is 0.250. The Labute approximate surface area is 81.3 Å². The van der Waals surface area contributed by atoms with E-state index in [0.717, 1.165) is 5.69 Å². The highest BCUT2D eigenvalue weighted by Crippen LogP contribution is 2.09. The van der Waals surface area contributed by atoms with Gasteiger partial charge in [0.2, 0.25) is 5.28 Å². The Morgan fingerprint density at radius 2 is 2.46 bits per heavy atom. The van der Waals surface area contributed by atoms with Crippen LogP contribution in [0.5, 0.6) is 0 Å². The molecule has 1 aromatic rings. The number of halogens is 1. The number of aryl methyl sites for hydroxylation is 1. The Kier molecular flexibility index (Phi) is 3.50. The lowest BCUT2D eigenvalue weighted by Crippen LogP contribution is -2.04. The second kappa shape index (κ2) is 4.65. The summed E-state index contributed by atoms with van der Waals surface area (Å²) in [6.07, 6.45) is 4.98. The average Bonchev–Trinajstić information content (AvgIpc) is 2.03. The first-order valence-corrected chi connectivity index (χ1v) is 3.92. The molecule has 0 aromatic carbocycles. The quantitative estimate of drug-likeness (QED) is 0.345. The van der Waals surface area contributed by atoms with Crippen molar-refractivity contribution >= 4 is 17.4 Å². The molecule has 0 amide bonds. The van der Waals surface area contributed by atoms with Crippen molar-refractivity contribution in [2.75, 3.05) is 12.1 Å². The number of nitrogens with one attached hydrogen (secondary N) is 1. The molecular formula is C8H8ClN3O. The van der Waals surface area contributed by atoms with E-state index in [-0.39, 0.29) is 11.9 Å². The van der Waals surface area contributed by atoms with Crippen LogP contribution in [0.3, 0.4) is 0 Å². The topological polar surface area (TPSA) is 47.0 Å². The molecule has 1 rings (SSSR count). The molecule has 0 unspecified atom stereocenters. The third kappa shape index (κ3) is 3.28. The second-order valence-electron chi connectivity index (χ2n) is 2.26. The number of terminal acetylenes is 1. The fourth-order valence-electron chi connectivity index (χ4n) is 0.736. The van der Waals surface area contributed by atoms with Gasteiger partial charge in [-0.3, -0.25) is 4.84 Å². The van der Waals surface area contributed by atoms with Gasteiger partial charge in [-0.1, -0.05) is 5.92 Å². The number of hydrogen-bond donors (Lipinski definition) is 1. The van der Waals surface area contributed by atoms with Gasteiger partial charge in [0.1, 0.15) is 6.61 Å². The van der Waals surface area contributed by atoms with Crippen molar-refractivity contribution in [2.45, 2.75) is 6.92 Å². The summed E-state index contributed by atoms with van der Waals surface area (Å²) in [7, 11) is 0. The van der Waals surface area contributed by atoms with E-state index >= 15 is 0 Å². The van der Waals surface area contributed by atoms with E-state index in [1.807, 2.05) is 0 Å². The third-order valence-corrected chi connectivity index (χ3v) is 1.33. The molecular weight excluding hydrogens is 190 g/mol. The maximum absolute atomic E-state index is 5.60. The van der Waals surface area contributed by atoms with Crippen LogP contribution in [0.2, 0.25) is 5.28 Å². The van der Waals surface area contributed by atoms with E-state index in [9.17, 15) is 0 Å². The van der Waals surface area contributed by atoms with Crippen LogP contribution < -0.4 is 5.48 Å². The Balaban J connectivity index is 2.62. The molecule has 0 saturated heterocycles. The van der Waals surface area contributed by atoms with E-state index in [2.05, 4.69) is 21.4 Å². The summed E-state index contributed by atoms with van der Waals surface area (Å²) in [5.74, 6) is 2.80. The molecule has 5 heteroatoms. The van der Waals surface area contributed by atoms with Crippen molar-refractivity contribution < 1.29 is 4.84 Å². The van der Waals surface area contributed by atoms with Crippen molar-refractivity contribution in [3.63, 3.8) is 0 Å². The first kappa shape index (κ1) is 9.78. The molecule has 0 fully saturated rings. The zero-order valence-electron chi connectivity index (χ0n) is 7.04. The second-order valence-corrected chi connectivity index (χ2v) is 2.60. The van der Waals surface area contributed by atoms with Crippen molar-refractivity contribution in [1.82, 2.24) is 9.97 Å². The number of aromatic nitrogens is 2. The molecule has 0 aliphatic heterocycles. The minimum Gasteiger partial charge on any atom is -0.262 e. The van der Waals surface area contributed by atoms with E-state index in [4.69, 9.17) is 22.9 Å². The van der Waals surface area contributed by atoms with Crippen LogP contribution in [0.15, 0.2) is 6.07 Å². The minimum absolute atomic E-state index is 0.167. The lowest BCUT2D eigenvalue weighted by Gasteiger charge is -2.03. The van der Waals surface area contributed by atoms with Crippen LogP contribution in [0, 0.1) is 19.3 Å². The van der Waals surface area contributed by atoms with Crippen molar-refractivity contribution in [3.05, 3.63) is 17.0 Å². The summed E-state index contributed by atoms with van der Waals surface area (Å²) in [4.78, 5) is 12.6. The summed E-state index contributed by atoms with van der Waals surface area (Å²) in [5, 5.41) is 0.173. The van der Waals surface area contributed by atoms with Crippen LogP contribution in [-0.4, -0.2) is 16.6 Å². The van der Waals surface area contributed by atoms with Gasteiger partial charge in [-0.15, -0.1) is 6.42 Å². The van der Waals surface area contributed by atoms with Gasteiger partial charge in [-0.25, -0.2) is 10.5 Å². The smallest absolute Gasteiger partial charge is 0.224 e. The molecule has 4 nitrogen and oxygen atoms in total. The third-order valence-electron chi connectivity index (χ3n) is 1.16. The van der Waals surface area contributed by atoms with E-state index in [0.29, 0.717) is 5.82 Å². The molecule has 0 bridgehead atoms. The molecule has 0 radical (unpaired) electrons. The predicted octanol–water partition coefficient (Wildman–Crippen LogP) is 1.42. The van der Waals surface area contributed by atoms with Gasteiger partial charge >= 0.3 is 0 Å². The lowest BCUT2D eigenvalue weighted by atomic mass is 10.4. The van der Waals surface area contributed by atoms with Gasteiger partial charge in [-0.2, -0.15) is 4.98 Å². The summed E-state index contributed by atoms with van der Waals surface area (Å²) < 4.78 is 0. The van der Waals surface area contributed by atoms with Crippen LogP contribution in [-0.2, 0) is 4.84 Å². The minimum atomic E-state index is 0.167. The normalized spacial score (nSPS) is 9.31. The van der Waals surface area contributed by atoms with Crippen molar-refractivity contribution in [1.29, 1.82) is 0 Å². The molecule has 0 atom stereocenters. The highest BCUT2D eigenvalue weighted by Gasteiger charge is 1.98. The maximum Gasteiger partial charge on any atom is 0.224 e. The summed E-state index contributed by atoms with van der Waals surface area (Å²) in [5.41, 5.74) is 3.31. The van der Waals surface area contributed by atoms with E-state index in [1.165, 1.54) is 0 Å². The van der Waals surface area contributed by atoms with Gasteiger partial charge in [0.15, 0.2) is 5.82 Å². The van der Waals surface area contributed by atoms with Gasteiger partial charge in [0.25, 0.3) is 0 Å². The SMILES string of the molecule is C#CCONc1cc(C)nc(Cl)n1. The molecule has 0 spiro atoms. The summed E-state index contributed by atoms with van der Waals surface area (Å²) >= 11 is 5.60. The van der Waals surface area contributed by atoms with Crippen molar-refractivity contribution in [3.8, 4) is 12.3 Å². The number of anilines is 1. The molecule has 0 saturated carbocycles. The molecule has 1 N–H and O–H groups in total. The Hall–Kier alpha value is -1.31. The molecule has 68 valence electrons. The molecule has 1 heterocycles. The van der Waals surface area contributed by atoms with Crippen LogP contribution in [0.1, 0.15) is 5.69 Å². The Morgan fingerprint density at radius 3 is 3.08 bits per heavy atom. The van der Waals surface area contributed by atoms with Gasteiger partial charge in [-0.05, 0) is 18.5 Å². The zero-order valence-corrected chi connectivity index (χ0v) is 7.80. The highest BCUT2D eigenvalue weighted by molar-refractivity contribution is 6.28. The lowest BCUT2D eigenvalue weighted by molar-refractivity contribution is 0.232. The first-order chi connectivity index (χ1) is 6.22. The number of hydrogen-bond acceptors (Lipinski definition) is 4. The monoisotopic (exact) mass is 197 g/mol. The maximum atomic E-state index is 5.60. The van der Waals surface area contributed by atoms with Gasteiger partial charge in [0.05, 0.1) is 0 Å². The number of nitrogens with zero attached hydrogens (tertiary/aromatic N) is 2. The van der Waals surface area contributed by atoms with E-state index < -0.39 is 0 Å². The van der Waals surface area contributed by atoms with Crippen LogP contribution in [0.4, 0.5) is 5.82 Å². The Morgan fingerprint density at radius 1 is 1.69 bits per heavy atom. The molecule has 0 aliphatic carbocycles. The Bertz CT molecular complexity index is 314. The highest BCUT2D eigenvalue weighted by atomic mass is 35.5. The van der Waals surface area contributed by atoms with Crippen molar-refractivity contribution in [2.24, 2.45) is 0 Å². The predicted molar refractivity (Wildman–Crippen MR) is 50.2 cm³/mol. The van der Waals surface area contributed by atoms with Gasteiger partial charge in [0, 0.05) is 11.8 Å². The van der Waals surface area contributed by atoms with Crippen LogP contribution >= 0.6 is 11.6 Å². The molecule has 13 heavy (non-hydrogen) atoms.